The summed E-state index contributed by atoms with van der Waals surface area (Å²) in [4.78, 5) is 12.6. The highest BCUT2D eigenvalue weighted by molar-refractivity contribution is 7.15. The Labute approximate surface area is 91.2 Å². The summed E-state index contributed by atoms with van der Waals surface area (Å²) >= 11 is 1.52. The molecule has 76 valence electrons. The smallest absolute Gasteiger partial charge is 0.150 e. The second-order valence-electron chi connectivity index (χ2n) is 3.27. The molecule has 1 aromatic carbocycles. The minimum Gasteiger partial charge on any atom is -0.298 e. The van der Waals surface area contributed by atoms with Crippen LogP contribution in [-0.4, -0.2) is 6.29 Å². The van der Waals surface area contributed by atoms with Crippen LogP contribution in [0.5, 0.6) is 0 Å². The summed E-state index contributed by atoms with van der Waals surface area (Å²) in [6.07, 6.45) is 0.726. The van der Waals surface area contributed by atoms with Gasteiger partial charge in [-0.1, -0.05) is 0 Å². The zero-order chi connectivity index (χ0) is 10.8. The van der Waals surface area contributed by atoms with Crippen LogP contribution < -0.4 is 0 Å². The molecular weight excluding hydrogens is 211 g/mol. The zero-order valence-electron chi connectivity index (χ0n) is 8.16. The van der Waals surface area contributed by atoms with Crippen LogP contribution in [0.25, 0.3) is 10.4 Å². The average molecular weight is 220 g/mol. The van der Waals surface area contributed by atoms with E-state index in [1.54, 1.807) is 6.07 Å². The summed E-state index contributed by atoms with van der Waals surface area (Å²) in [5, 5.41) is 0. The van der Waals surface area contributed by atoms with E-state index in [0.717, 1.165) is 16.0 Å². The number of carbonyl (C=O) groups is 1. The number of aryl methyl sites for hydroxylation is 1. The van der Waals surface area contributed by atoms with Crippen LogP contribution in [-0.2, 0) is 0 Å². The minimum absolute atomic E-state index is 0.289. The third kappa shape index (κ3) is 1.97. The molecule has 0 spiro atoms. The first kappa shape index (κ1) is 10.1. The van der Waals surface area contributed by atoms with E-state index in [0.29, 0.717) is 11.1 Å². The largest absolute Gasteiger partial charge is 0.298 e. The molecule has 2 rings (SSSR count). The van der Waals surface area contributed by atoms with Gasteiger partial charge in [0.1, 0.15) is 12.1 Å². The van der Waals surface area contributed by atoms with E-state index < -0.39 is 0 Å². The highest BCUT2D eigenvalue weighted by Gasteiger charge is 2.07. The minimum atomic E-state index is -0.289. The lowest BCUT2D eigenvalue weighted by Gasteiger charge is -2.00. The fraction of sp³-hybridized carbons (Fsp3) is 0.0833. The molecule has 0 unspecified atom stereocenters. The van der Waals surface area contributed by atoms with Crippen LogP contribution in [0.4, 0.5) is 4.39 Å². The summed E-state index contributed by atoms with van der Waals surface area (Å²) in [7, 11) is 0. The maximum absolute atomic E-state index is 13.5. The van der Waals surface area contributed by atoms with Crippen molar-refractivity contribution in [2.75, 3.05) is 0 Å². The van der Waals surface area contributed by atoms with Crippen LogP contribution in [0.3, 0.4) is 0 Å². The van der Waals surface area contributed by atoms with Gasteiger partial charge in [-0.15, -0.1) is 11.3 Å². The van der Waals surface area contributed by atoms with Crippen molar-refractivity contribution in [2.45, 2.75) is 6.92 Å². The molecule has 0 N–H and O–H groups in total. The first-order valence-corrected chi connectivity index (χ1v) is 5.34. The Balaban J connectivity index is 2.55. The Morgan fingerprint density at radius 1 is 1.27 bits per heavy atom. The molecule has 0 amide bonds. The molecular formula is C12H9FOS. The molecule has 0 aliphatic carbocycles. The van der Waals surface area contributed by atoms with E-state index >= 15 is 0 Å². The predicted octanol–water partition coefficient (Wildman–Crippen LogP) is 3.68. The van der Waals surface area contributed by atoms with Gasteiger partial charge in [0, 0.05) is 20.9 Å². The average Bonchev–Trinajstić information content (AvgIpc) is 2.65. The van der Waals surface area contributed by atoms with E-state index in [4.69, 9.17) is 0 Å². The lowest BCUT2D eigenvalue weighted by atomic mass is 10.1. The van der Waals surface area contributed by atoms with Crippen molar-refractivity contribution < 1.29 is 9.18 Å². The van der Waals surface area contributed by atoms with Crippen molar-refractivity contribution >= 4 is 17.6 Å². The molecule has 0 saturated carbocycles. The van der Waals surface area contributed by atoms with Crippen molar-refractivity contribution in [3.8, 4) is 10.4 Å². The maximum atomic E-state index is 13.5. The van der Waals surface area contributed by atoms with Gasteiger partial charge < -0.3 is 0 Å². The number of hydrogen-bond acceptors (Lipinski definition) is 2. The molecule has 0 fully saturated rings. The van der Waals surface area contributed by atoms with Gasteiger partial charge >= 0.3 is 0 Å². The molecule has 0 saturated heterocycles. The first-order valence-electron chi connectivity index (χ1n) is 4.52. The van der Waals surface area contributed by atoms with Gasteiger partial charge in [-0.05, 0) is 37.3 Å². The summed E-state index contributed by atoms with van der Waals surface area (Å²) in [6.45, 7) is 1.97. The second-order valence-corrected chi connectivity index (χ2v) is 4.56. The van der Waals surface area contributed by atoms with E-state index in [1.165, 1.54) is 23.5 Å². The normalized spacial score (nSPS) is 10.3. The van der Waals surface area contributed by atoms with Crippen molar-refractivity contribution in [3.05, 3.63) is 46.6 Å². The topological polar surface area (TPSA) is 17.1 Å². The van der Waals surface area contributed by atoms with Crippen molar-refractivity contribution in [2.24, 2.45) is 0 Å². The van der Waals surface area contributed by atoms with Gasteiger partial charge in [0.15, 0.2) is 0 Å². The van der Waals surface area contributed by atoms with Gasteiger partial charge in [0.05, 0.1) is 0 Å². The lowest BCUT2D eigenvalue weighted by Crippen LogP contribution is -1.85. The van der Waals surface area contributed by atoms with Gasteiger partial charge in [-0.2, -0.15) is 0 Å². The Hall–Kier alpha value is -1.48. The van der Waals surface area contributed by atoms with Gasteiger partial charge in [0.2, 0.25) is 0 Å². The molecule has 0 atom stereocenters. The van der Waals surface area contributed by atoms with E-state index in [1.807, 2.05) is 19.1 Å². The molecule has 1 nitrogen and oxygen atoms in total. The highest BCUT2D eigenvalue weighted by Crippen LogP contribution is 2.30. The fourth-order valence-electron chi connectivity index (χ4n) is 1.38. The van der Waals surface area contributed by atoms with Crippen LogP contribution in [0, 0.1) is 12.7 Å². The second kappa shape index (κ2) is 3.95. The number of thiophene rings is 1. The highest BCUT2D eigenvalue weighted by atomic mass is 32.1. The number of halogens is 1. The summed E-state index contributed by atoms with van der Waals surface area (Å²) in [6, 6.07) is 8.19. The maximum Gasteiger partial charge on any atom is 0.150 e. The summed E-state index contributed by atoms with van der Waals surface area (Å²) < 4.78 is 13.5. The number of carbonyl (C=O) groups excluding carboxylic acids is 1. The van der Waals surface area contributed by atoms with Crippen LogP contribution in [0.2, 0.25) is 0 Å². The number of hydrogen-bond donors (Lipinski definition) is 0. The molecule has 15 heavy (non-hydrogen) atoms. The number of aldehydes is 1. The fourth-order valence-corrected chi connectivity index (χ4v) is 2.27. The lowest BCUT2D eigenvalue weighted by molar-refractivity contribution is 0.112. The quantitative estimate of drug-likeness (QED) is 0.706. The first-order chi connectivity index (χ1) is 7.20. The molecule has 2 aromatic rings. The Morgan fingerprint density at radius 3 is 2.67 bits per heavy atom. The predicted molar refractivity (Wildman–Crippen MR) is 59.8 cm³/mol. The molecule has 0 radical (unpaired) electrons. The molecule has 1 heterocycles. The molecule has 0 aliphatic rings. The van der Waals surface area contributed by atoms with Crippen LogP contribution in [0.1, 0.15) is 15.2 Å². The monoisotopic (exact) mass is 220 g/mol. The molecule has 3 heteroatoms. The molecule has 1 aromatic heterocycles. The summed E-state index contributed by atoms with van der Waals surface area (Å²) in [5.74, 6) is -0.289. The van der Waals surface area contributed by atoms with Gasteiger partial charge in [-0.3, -0.25) is 4.79 Å². The standard InChI is InChI=1S/C12H9FOS/c1-8-2-5-12(15-8)10-6-9(7-14)3-4-11(10)13/h2-7H,1H3. The Kier molecular flexibility index (Phi) is 2.64. The van der Waals surface area contributed by atoms with Crippen molar-refractivity contribution in [3.63, 3.8) is 0 Å². The number of benzene rings is 1. The Morgan fingerprint density at radius 2 is 2.07 bits per heavy atom. The van der Waals surface area contributed by atoms with Gasteiger partial charge in [-0.25, -0.2) is 4.39 Å². The Bertz CT molecular complexity index is 502. The van der Waals surface area contributed by atoms with Crippen molar-refractivity contribution in [1.29, 1.82) is 0 Å². The van der Waals surface area contributed by atoms with Crippen LogP contribution in [0.15, 0.2) is 30.3 Å². The zero-order valence-corrected chi connectivity index (χ0v) is 8.98. The number of rotatable bonds is 2. The van der Waals surface area contributed by atoms with Gasteiger partial charge in [0.25, 0.3) is 0 Å². The van der Waals surface area contributed by atoms with E-state index in [-0.39, 0.29) is 5.82 Å². The van der Waals surface area contributed by atoms with Crippen molar-refractivity contribution in [1.82, 2.24) is 0 Å². The SMILES string of the molecule is Cc1ccc(-c2cc(C=O)ccc2F)s1. The van der Waals surface area contributed by atoms with E-state index in [9.17, 15) is 9.18 Å². The molecule has 0 bridgehead atoms. The van der Waals surface area contributed by atoms with Crippen LogP contribution >= 0.6 is 11.3 Å². The summed E-state index contributed by atoms with van der Waals surface area (Å²) in [5.41, 5.74) is 0.996. The van der Waals surface area contributed by atoms with E-state index in [2.05, 4.69) is 0 Å². The third-order valence-electron chi connectivity index (χ3n) is 2.13. The third-order valence-corrected chi connectivity index (χ3v) is 3.17. The molecule has 0 aliphatic heterocycles.